The molecule has 4 rings (SSSR count). The van der Waals surface area contributed by atoms with Gasteiger partial charge in [-0.25, -0.2) is 0 Å². The van der Waals surface area contributed by atoms with E-state index in [0.717, 1.165) is 5.56 Å². The van der Waals surface area contributed by atoms with Crippen LogP contribution in [0.4, 0.5) is 0 Å². The minimum absolute atomic E-state index is 0.00511. The Labute approximate surface area is 149 Å². The molecule has 0 N–H and O–H groups in total. The van der Waals surface area contributed by atoms with Crippen molar-refractivity contribution in [1.82, 2.24) is 9.47 Å². The molecular weight excluding hydrogens is 336 g/mol. The number of fused-ring (bicyclic) bond motifs is 3. The first-order valence-corrected chi connectivity index (χ1v) is 9.05. The summed E-state index contributed by atoms with van der Waals surface area (Å²) in [6.07, 6.45) is 1.94. The van der Waals surface area contributed by atoms with E-state index < -0.39 is 0 Å². The van der Waals surface area contributed by atoms with Gasteiger partial charge in [0.15, 0.2) is 0 Å². The van der Waals surface area contributed by atoms with Crippen molar-refractivity contribution in [2.24, 2.45) is 7.05 Å². The molecule has 0 atom stereocenters. The van der Waals surface area contributed by atoms with E-state index in [4.69, 9.17) is 12.2 Å². The first-order valence-electron chi connectivity index (χ1n) is 7.82. The summed E-state index contributed by atoms with van der Waals surface area (Å²) in [7, 11) is 2.08. The molecule has 24 heavy (non-hydrogen) atoms. The van der Waals surface area contributed by atoms with Crippen molar-refractivity contribution < 1.29 is 4.79 Å². The minimum Gasteiger partial charge on any atom is -0.344 e. The van der Waals surface area contributed by atoms with Gasteiger partial charge in [0.1, 0.15) is 4.32 Å². The maximum Gasteiger partial charge on any atom is 0.266 e. The van der Waals surface area contributed by atoms with Crippen LogP contribution in [0, 0.1) is 0 Å². The van der Waals surface area contributed by atoms with Crippen molar-refractivity contribution in [2.45, 2.75) is 6.92 Å². The van der Waals surface area contributed by atoms with Crippen LogP contribution in [0.25, 0.3) is 27.9 Å². The Hall–Kier alpha value is -2.11. The fraction of sp³-hybridized carbons (Fsp3) is 0.158. The molecule has 0 saturated carbocycles. The number of carbonyl (C=O) groups excluding carboxylic acids is 1. The van der Waals surface area contributed by atoms with Crippen molar-refractivity contribution in [3.63, 3.8) is 0 Å². The molecule has 0 bridgehead atoms. The number of benzene rings is 2. The normalized spacial score (nSPS) is 16.9. The molecule has 0 radical (unpaired) electrons. The summed E-state index contributed by atoms with van der Waals surface area (Å²) in [6, 6.07) is 14.7. The summed E-state index contributed by atoms with van der Waals surface area (Å²) in [5.41, 5.74) is 3.42. The van der Waals surface area contributed by atoms with Gasteiger partial charge in [-0.05, 0) is 36.8 Å². The Morgan fingerprint density at radius 3 is 2.62 bits per heavy atom. The van der Waals surface area contributed by atoms with Gasteiger partial charge in [-0.1, -0.05) is 48.2 Å². The molecule has 0 unspecified atom stereocenters. The highest BCUT2D eigenvalue weighted by Gasteiger charge is 2.30. The second kappa shape index (κ2) is 5.76. The summed E-state index contributed by atoms with van der Waals surface area (Å²) in [5.74, 6) is 0.00511. The summed E-state index contributed by atoms with van der Waals surface area (Å²) >= 11 is 6.66. The van der Waals surface area contributed by atoms with Gasteiger partial charge in [-0.2, -0.15) is 0 Å². The number of aryl methyl sites for hydroxylation is 1. The van der Waals surface area contributed by atoms with Crippen molar-refractivity contribution in [3.8, 4) is 0 Å². The van der Waals surface area contributed by atoms with Crippen LogP contribution in [-0.4, -0.2) is 26.2 Å². The van der Waals surface area contributed by atoms with Gasteiger partial charge < -0.3 is 4.57 Å². The lowest BCUT2D eigenvalue weighted by molar-refractivity contribution is -0.121. The first kappa shape index (κ1) is 15.4. The number of hydrogen-bond acceptors (Lipinski definition) is 3. The SMILES string of the molecule is CCN1C(=O)/C(=C\c2ccc3c(c2)c2ccccc2n3C)SC1=S. The van der Waals surface area contributed by atoms with Crippen molar-refractivity contribution in [1.29, 1.82) is 0 Å². The van der Waals surface area contributed by atoms with Crippen LogP contribution in [0.3, 0.4) is 0 Å². The molecule has 2 heterocycles. The minimum atomic E-state index is 0.00511. The Morgan fingerprint density at radius 1 is 1.12 bits per heavy atom. The molecular formula is C19H16N2OS2. The van der Waals surface area contributed by atoms with Gasteiger partial charge in [-0.15, -0.1) is 0 Å². The van der Waals surface area contributed by atoms with Crippen LogP contribution >= 0.6 is 24.0 Å². The zero-order chi connectivity index (χ0) is 16.8. The number of thioether (sulfide) groups is 1. The maximum atomic E-state index is 12.4. The van der Waals surface area contributed by atoms with E-state index in [1.807, 2.05) is 13.0 Å². The van der Waals surface area contributed by atoms with E-state index >= 15 is 0 Å². The van der Waals surface area contributed by atoms with Crippen LogP contribution in [-0.2, 0) is 11.8 Å². The van der Waals surface area contributed by atoms with E-state index in [9.17, 15) is 4.79 Å². The standard InChI is InChI=1S/C19H16N2OS2/c1-3-21-18(22)17(24-19(21)23)11-12-8-9-16-14(10-12)13-6-4-5-7-15(13)20(16)2/h4-11H,3H2,1-2H3/b17-11+. The molecule has 0 aliphatic carbocycles. The smallest absolute Gasteiger partial charge is 0.266 e. The van der Waals surface area contributed by atoms with Crippen molar-refractivity contribution in [3.05, 3.63) is 52.9 Å². The Kier molecular flexibility index (Phi) is 3.70. The molecule has 1 aliphatic heterocycles. The molecule has 1 saturated heterocycles. The second-order valence-corrected chi connectivity index (χ2v) is 7.45. The van der Waals surface area contributed by atoms with E-state index in [0.29, 0.717) is 15.8 Å². The lowest BCUT2D eigenvalue weighted by atomic mass is 10.1. The summed E-state index contributed by atoms with van der Waals surface area (Å²) in [6.45, 7) is 2.56. The lowest BCUT2D eigenvalue weighted by Crippen LogP contribution is -2.27. The quantitative estimate of drug-likeness (QED) is 0.500. The van der Waals surface area contributed by atoms with Gasteiger partial charge in [0.25, 0.3) is 5.91 Å². The molecule has 120 valence electrons. The molecule has 1 amide bonds. The number of amides is 1. The topological polar surface area (TPSA) is 25.2 Å². The predicted molar refractivity (Wildman–Crippen MR) is 106 cm³/mol. The van der Waals surface area contributed by atoms with Crippen LogP contribution in [0.2, 0.25) is 0 Å². The first-order chi connectivity index (χ1) is 11.6. The number of rotatable bonds is 2. The number of carbonyl (C=O) groups is 1. The summed E-state index contributed by atoms with van der Waals surface area (Å²) in [5, 5.41) is 2.43. The Morgan fingerprint density at radius 2 is 1.88 bits per heavy atom. The molecule has 3 aromatic rings. The molecule has 3 nitrogen and oxygen atoms in total. The van der Waals surface area contributed by atoms with E-state index in [1.54, 1.807) is 4.90 Å². The van der Waals surface area contributed by atoms with Gasteiger partial charge >= 0.3 is 0 Å². The summed E-state index contributed by atoms with van der Waals surface area (Å²) < 4.78 is 2.84. The number of likely N-dealkylation sites (N-methyl/N-ethyl adjacent to an activating group) is 1. The predicted octanol–water partition coefficient (Wildman–Crippen LogP) is 4.55. The molecule has 1 aliphatic rings. The number of nitrogens with zero attached hydrogens (tertiary/aromatic N) is 2. The van der Waals surface area contributed by atoms with E-state index in [2.05, 4.69) is 54.1 Å². The van der Waals surface area contributed by atoms with Crippen molar-refractivity contribution in [2.75, 3.05) is 6.54 Å². The summed E-state index contributed by atoms with van der Waals surface area (Å²) in [4.78, 5) is 14.7. The van der Waals surface area contributed by atoms with Gasteiger partial charge in [0, 0.05) is 35.4 Å². The van der Waals surface area contributed by atoms with E-state index in [1.165, 1.54) is 33.6 Å². The molecule has 1 aromatic heterocycles. The molecule has 5 heteroatoms. The van der Waals surface area contributed by atoms with Gasteiger partial charge in [0.2, 0.25) is 0 Å². The molecule has 2 aromatic carbocycles. The molecule has 0 spiro atoms. The third-order valence-corrected chi connectivity index (χ3v) is 5.80. The Bertz CT molecular complexity index is 1030. The van der Waals surface area contributed by atoms with Gasteiger partial charge in [0.05, 0.1) is 4.91 Å². The number of hydrogen-bond donors (Lipinski definition) is 0. The average Bonchev–Trinajstić information content (AvgIpc) is 3.02. The molecule has 1 fully saturated rings. The zero-order valence-corrected chi connectivity index (χ0v) is 15.1. The monoisotopic (exact) mass is 352 g/mol. The van der Waals surface area contributed by atoms with Gasteiger partial charge in [-0.3, -0.25) is 9.69 Å². The Balaban J connectivity index is 1.84. The largest absolute Gasteiger partial charge is 0.344 e. The van der Waals surface area contributed by atoms with Crippen LogP contribution in [0.5, 0.6) is 0 Å². The lowest BCUT2D eigenvalue weighted by Gasteiger charge is -2.09. The van der Waals surface area contributed by atoms with Crippen LogP contribution in [0.1, 0.15) is 12.5 Å². The zero-order valence-electron chi connectivity index (χ0n) is 13.4. The second-order valence-electron chi connectivity index (χ2n) is 5.78. The highest BCUT2D eigenvalue weighted by atomic mass is 32.2. The van der Waals surface area contributed by atoms with E-state index in [-0.39, 0.29) is 5.91 Å². The third kappa shape index (κ3) is 2.27. The number of para-hydroxylation sites is 1. The van der Waals surface area contributed by atoms with Crippen LogP contribution < -0.4 is 0 Å². The highest BCUT2D eigenvalue weighted by molar-refractivity contribution is 8.26. The third-order valence-electron chi connectivity index (χ3n) is 4.43. The average molecular weight is 352 g/mol. The number of thiocarbonyl (C=S) groups is 1. The van der Waals surface area contributed by atoms with Crippen molar-refractivity contribution >= 4 is 62.1 Å². The fourth-order valence-corrected chi connectivity index (χ4v) is 4.58. The highest BCUT2D eigenvalue weighted by Crippen LogP contribution is 2.34. The maximum absolute atomic E-state index is 12.4. The fourth-order valence-electron chi connectivity index (χ4n) is 3.20. The van der Waals surface area contributed by atoms with Crippen LogP contribution in [0.15, 0.2) is 47.4 Å². The number of aromatic nitrogens is 1.